The van der Waals surface area contributed by atoms with Crippen LogP contribution in [0.3, 0.4) is 0 Å². The molecule has 1 amide bonds. The van der Waals surface area contributed by atoms with Crippen LogP contribution in [-0.4, -0.2) is 17.4 Å². The number of amides is 1. The molecule has 4 heteroatoms. The fourth-order valence-corrected chi connectivity index (χ4v) is 4.13. The summed E-state index contributed by atoms with van der Waals surface area (Å²) in [4.78, 5) is 16.2. The molecule has 1 aromatic heterocycles. The minimum absolute atomic E-state index is 0.158. The van der Waals surface area contributed by atoms with Crippen LogP contribution in [0.4, 0.5) is 0 Å². The first-order chi connectivity index (χ1) is 9.70. The van der Waals surface area contributed by atoms with E-state index in [0.717, 1.165) is 28.5 Å². The Morgan fingerprint density at radius 3 is 2.80 bits per heavy atom. The highest BCUT2D eigenvalue weighted by molar-refractivity contribution is 14.1. The predicted octanol–water partition coefficient (Wildman–Crippen LogP) is 4.50. The third-order valence-electron chi connectivity index (χ3n) is 3.83. The monoisotopic (exact) mass is 397 g/mol. The van der Waals surface area contributed by atoms with E-state index in [2.05, 4.69) is 41.0 Å². The summed E-state index contributed by atoms with van der Waals surface area (Å²) in [5, 5.41) is 2.15. The first kappa shape index (κ1) is 14.1. The van der Waals surface area contributed by atoms with Crippen molar-refractivity contribution in [1.82, 2.24) is 4.90 Å². The van der Waals surface area contributed by atoms with Crippen molar-refractivity contribution in [1.29, 1.82) is 0 Å². The van der Waals surface area contributed by atoms with E-state index in [9.17, 15) is 4.79 Å². The molecule has 3 rings (SSSR count). The number of carbonyl (C=O) groups excluding carboxylic acids is 1. The maximum Gasteiger partial charge on any atom is 0.254 e. The smallest absolute Gasteiger partial charge is 0.254 e. The van der Waals surface area contributed by atoms with Crippen LogP contribution < -0.4 is 0 Å². The predicted molar refractivity (Wildman–Crippen MR) is 91.3 cm³/mol. The van der Waals surface area contributed by atoms with Gasteiger partial charge in [-0.25, -0.2) is 0 Å². The summed E-state index contributed by atoms with van der Waals surface area (Å²) in [7, 11) is 0. The Kier molecular flexibility index (Phi) is 4.12. The zero-order chi connectivity index (χ0) is 14.1. The molecular formula is C16H16INOS. The van der Waals surface area contributed by atoms with Gasteiger partial charge in [-0.3, -0.25) is 4.79 Å². The van der Waals surface area contributed by atoms with Crippen molar-refractivity contribution in [3.63, 3.8) is 0 Å². The summed E-state index contributed by atoms with van der Waals surface area (Å²) in [5.74, 6) is 0.158. The highest BCUT2D eigenvalue weighted by atomic mass is 127. The van der Waals surface area contributed by atoms with Crippen LogP contribution in [0.5, 0.6) is 0 Å². The van der Waals surface area contributed by atoms with E-state index in [1.165, 1.54) is 10.4 Å². The van der Waals surface area contributed by atoms with Gasteiger partial charge < -0.3 is 4.90 Å². The number of benzene rings is 1. The Morgan fingerprint density at radius 1 is 1.35 bits per heavy atom. The van der Waals surface area contributed by atoms with Gasteiger partial charge in [-0.15, -0.1) is 11.3 Å². The van der Waals surface area contributed by atoms with Gasteiger partial charge in [-0.05, 0) is 76.7 Å². The number of hydrogen-bond donors (Lipinski definition) is 0. The van der Waals surface area contributed by atoms with Crippen molar-refractivity contribution in [3.8, 4) is 0 Å². The zero-order valence-electron chi connectivity index (χ0n) is 11.3. The third-order valence-corrected chi connectivity index (χ3v) is 5.55. The standard InChI is InChI=1S/C16H16INOS/c1-2-14-13-8-10-20-15(13)7-9-18(14)16(19)11-3-5-12(17)6-4-11/h3-6,8,10,14H,2,7,9H2,1H3. The van der Waals surface area contributed by atoms with E-state index in [1.54, 1.807) is 0 Å². The quantitative estimate of drug-likeness (QED) is 0.684. The zero-order valence-corrected chi connectivity index (χ0v) is 14.3. The average Bonchev–Trinajstić information content (AvgIpc) is 2.94. The molecular weight excluding hydrogens is 381 g/mol. The molecule has 0 aliphatic carbocycles. The summed E-state index contributed by atoms with van der Waals surface area (Å²) in [6, 6.07) is 10.3. The molecule has 0 fully saturated rings. The summed E-state index contributed by atoms with van der Waals surface area (Å²) in [5.41, 5.74) is 2.14. The number of carbonyl (C=O) groups is 1. The second kappa shape index (κ2) is 5.85. The molecule has 0 N–H and O–H groups in total. The molecule has 20 heavy (non-hydrogen) atoms. The third kappa shape index (κ3) is 2.51. The second-order valence-corrected chi connectivity index (χ2v) is 7.22. The van der Waals surface area contributed by atoms with Gasteiger partial charge >= 0.3 is 0 Å². The highest BCUT2D eigenvalue weighted by Gasteiger charge is 2.30. The number of halogens is 1. The lowest BCUT2D eigenvalue weighted by Crippen LogP contribution is -2.39. The normalized spacial score (nSPS) is 17.9. The summed E-state index contributed by atoms with van der Waals surface area (Å²) < 4.78 is 1.16. The molecule has 0 spiro atoms. The van der Waals surface area contributed by atoms with Crippen molar-refractivity contribution in [2.75, 3.05) is 6.54 Å². The number of thiophene rings is 1. The molecule has 2 heterocycles. The van der Waals surface area contributed by atoms with Gasteiger partial charge in [-0.1, -0.05) is 6.92 Å². The first-order valence-corrected chi connectivity index (χ1v) is 8.79. The van der Waals surface area contributed by atoms with Crippen LogP contribution >= 0.6 is 33.9 Å². The van der Waals surface area contributed by atoms with Gasteiger partial charge in [0.05, 0.1) is 6.04 Å². The Morgan fingerprint density at radius 2 is 2.10 bits per heavy atom. The highest BCUT2D eigenvalue weighted by Crippen LogP contribution is 2.35. The van der Waals surface area contributed by atoms with Crippen molar-refractivity contribution < 1.29 is 4.79 Å². The molecule has 0 saturated heterocycles. The maximum absolute atomic E-state index is 12.7. The Hall–Kier alpha value is -0.880. The van der Waals surface area contributed by atoms with Crippen molar-refractivity contribution in [2.24, 2.45) is 0 Å². The van der Waals surface area contributed by atoms with Gasteiger partial charge in [0, 0.05) is 20.6 Å². The van der Waals surface area contributed by atoms with Crippen LogP contribution in [0.25, 0.3) is 0 Å². The van der Waals surface area contributed by atoms with Crippen molar-refractivity contribution in [2.45, 2.75) is 25.8 Å². The Labute approximate surface area is 136 Å². The SMILES string of the molecule is CCC1c2ccsc2CCN1C(=O)c1ccc(I)cc1. The summed E-state index contributed by atoms with van der Waals surface area (Å²) in [6.45, 7) is 2.99. The number of nitrogens with zero attached hydrogens (tertiary/aromatic N) is 1. The molecule has 1 aliphatic rings. The lowest BCUT2D eigenvalue weighted by Gasteiger charge is -2.35. The maximum atomic E-state index is 12.7. The molecule has 0 radical (unpaired) electrons. The fourth-order valence-electron chi connectivity index (χ4n) is 2.84. The fraction of sp³-hybridized carbons (Fsp3) is 0.312. The van der Waals surface area contributed by atoms with Crippen LogP contribution in [0.15, 0.2) is 35.7 Å². The molecule has 1 aliphatic heterocycles. The molecule has 2 nitrogen and oxygen atoms in total. The van der Waals surface area contributed by atoms with Gasteiger partial charge in [-0.2, -0.15) is 0 Å². The molecule has 1 atom stereocenters. The van der Waals surface area contributed by atoms with Crippen LogP contribution in [0.2, 0.25) is 0 Å². The van der Waals surface area contributed by atoms with E-state index in [-0.39, 0.29) is 11.9 Å². The second-order valence-electron chi connectivity index (χ2n) is 4.98. The minimum atomic E-state index is 0.158. The Balaban J connectivity index is 1.90. The topological polar surface area (TPSA) is 20.3 Å². The molecule has 0 saturated carbocycles. The number of fused-ring (bicyclic) bond motifs is 1. The van der Waals surface area contributed by atoms with Crippen molar-refractivity contribution in [3.05, 3.63) is 55.3 Å². The number of rotatable bonds is 2. The molecule has 1 aromatic carbocycles. The van der Waals surface area contributed by atoms with E-state index in [4.69, 9.17) is 0 Å². The van der Waals surface area contributed by atoms with E-state index in [0.29, 0.717) is 0 Å². The van der Waals surface area contributed by atoms with E-state index in [1.807, 2.05) is 40.5 Å². The van der Waals surface area contributed by atoms with Crippen LogP contribution in [0.1, 0.15) is 40.2 Å². The summed E-state index contributed by atoms with van der Waals surface area (Å²) >= 11 is 4.08. The summed E-state index contributed by atoms with van der Waals surface area (Å²) in [6.07, 6.45) is 1.96. The molecule has 2 aromatic rings. The molecule has 0 bridgehead atoms. The largest absolute Gasteiger partial charge is 0.331 e. The average molecular weight is 397 g/mol. The van der Waals surface area contributed by atoms with E-state index < -0.39 is 0 Å². The van der Waals surface area contributed by atoms with Gasteiger partial charge in [0.2, 0.25) is 0 Å². The lowest BCUT2D eigenvalue weighted by atomic mass is 9.97. The van der Waals surface area contributed by atoms with Gasteiger partial charge in [0.25, 0.3) is 5.91 Å². The van der Waals surface area contributed by atoms with Crippen LogP contribution in [0, 0.1) is 3.57 Å². The first-order valence-electron chi connectivity index (χ1n) is 6.83. The number of hydrogen-bond acceptors (Lipinski definition) is 2. The Bertz CT molecular complexity index is 620. The minimum Gasteiger partial charge on any atom is -0.331 e. The molecule has 1 unspecified atom stereocenters. The molecule has 104 valence electrons. The van der Waals surface area contributed by atoms with Crippen molar-refractivity contribution >= 4 is 39.8 Å². The van der Waals surface area contributed by atoms with Crippen LogP contribution in [-0.2, 0) is 6.42 Å². The lowest BCUT2D eigenvalue weighted by molar-refractivity contribution is 0.0657. The van der Waals surface area contributed by atoms with Gasteiger partial charge in [0.15, 0.2) is 0 Å². The van der Waals surface area contributed by atoms with E-state index >= 15 is 0 Å². The van der Waals surface area contributed by atoms with Gasteiger partial charge in [0.1, 0.15) is 0 Å².